The van der Waals surface area contributed by atoms with Gasteiger partial charge in [-0.05, 0) is 60.5 Å². The monoisotopic (exact) mass is 546 g/mol. The number of thioether (sulfide) groups is 1. The Morgan fingerprint density at radius 1 is 1.08 bits per heavy atom. The molecule has 0 unspecified atom stereocenters. The van der Waals surface area contributed by atoms with Crippen LogP contribution >= 0.6 is 23.1 Å². The summed E-state index contributed by atoms with van der Waals surface area (Å²) in [6.45, 7) is 2.30. The third-order valence-electron chi connectivity index (χ3n) is 6.27. The summed E-state index contributed by atoms with van der Waals surface area (Å²) in [7, 11) is 1.64. The first-order valence-electron chi connectivity index (χ1n) is 11.9. The van der Waals surface area contributed by atoms with Crippen molar-refractivity contribution in [3.05, 3.63) is 94.9 Å². The van der Waals surface area contributed by atoms with Gasteiger partial charge in [0.25, 0.3) is 0 Å². The summed E-state index contributed by atoms with van der Waals surface area (Å²) < 4.78 is 27.1. The average Bonchev–Trinajstić information content (AvgIpc) is 3.43. The van der Waals surface area contributed by atoms with Gasteiger partial charge in [0, 0.05) is 5.56 Å². The number of amides is 1. The number of ether oxygens (including phenoxy) is 2. The highest BCUT2D eigenvalue weighted by atomic mass is 32.2. The van der Waals surface area contributed by atoms with E-state index < -0.39 is 0 Å². The molecule has 3 heterocycles. The highest BCUT2D eigenvalue weighted by Gasteiger charge is 2.31. The zero-order valence-electron chi connectivity index (χ0n) is 20.6. The van der Waals surface area contributed by atoms with Crippen LogP contribution in [0.5, 0.6) is 11.5 Å². The molecule has 0 aliphatic carbocycles. The molecule has 1 aliphatic heterocycles. The third-order valence-corrected chi connectivity index (χ3v) is 8.54. The van der Waals surface area contributed by atoms with Gasteiger partial charge in [0.05, 0.1) is 34.0 Å². The molecule has 192 valence electrons. The lowest BCUT2D eigenvalue weighted by atomic mass is 10.0. The molecule has 1 aliphatic rings. The topological polar surface area (TPSA) is 78.3 Å². The largest absolute Gasteiger partial charge is 0.497 e. The van der Waals surface area contributed by atoms with Gasteiger partial charge in [-0.3, -0.25) is 4.79 Å². The van der Waals surface area contributed by atoms with Crippen LogP contribution in [0.25, 0.3) is 15.3 Å². The molecule has 1 N–H and O–H groups in total. The Bertz CT molecular complexity index is 1630. The lowest BCUT2D eigenvalue weighted by Gasteiger charge is -2.16. The Kier molecular flexibility index (Phi) is 6.50. The van der Waals surface area contributed by atoms with Crippen LogP contribution in [0.1, 0.15) is 27.6 Å². The van der Waals surface area contributed by atoms with Crippen molar-refractivity contribution in [2.24, 2.45) is 0 Å². The number of anilines is 1. The molecule has 7 nitrogen and oxygen atoms in total. The van der Waals surface area contributed by atoms with Crippen LogP contribution in [-0.4, -0.2) is 33.5 Å². The summed E-state index contributed by atoms with van der Waals surface area (Å²) in [6, 6.07) is 19.9. The second-order valence-corrected chi connectivity index (χ2v) is 10.9. The number of carbonyl (C=O) groups is 1. The zero-order valence-corrected chi connectivity index (χ0v) is 22.2. The second-order valence-electron chi connectivity index (χ2n) is 8.81. The molecule has 38 heavy (non-hydrogen) atoms. The number of aromatic nitrogens is 3. The summed E-state index contributed by atoms with van der Waals surface area (Å²) in [5, 5.41) is 8.43. The van der Waals surface area contributed by atoms with E-state index in [1.807, 2.05) is 49.4 Å². The molecule has 5 aromatic rings. The van der Waals surface area contributed by atoms with E-state index in [2.05, 4.69) is 5.32 Å². The van der Waals surface area contributed by atoms with Crippen molar-refractivity contribution in [3.8, 4) is 16.6 Å². The lowest BCUT2D eigenvalue weighted by molar-refractivity contribution is -0.113. The predicted octanol–water partition coefficient (Wildman–Crippen LogP) is 6.29. The number of carbonyl (C=O) groups excluding carboxylic acids is 1. The first kappa shape index (κ1) is 24.4. The molecule has 3 aromatic carbocycles. The lowest BCUT2D eigenvalue weighted by Crippen LogP contribution is -2.15. The summed E-state index contributed by atoms with van der Waals surface area (Å²) in [6.07, 6.45) is 0. The number of methoxy groups -OCH3 is 1. The van der Waals surface area contributed by atoms with Crippen molar-refractivity contribution >= 4 is 45.0 Å². The molecule has 1 atom stereocenters. The highest BCUT2D eigenvalue weighted by Crippen LogP contribution is 2.44. The Morgan fingerprint density at radius 3 is 2.61 bits per heavy atom. The zero-order chi connectivity index (χ0) is 26.2. The van der Waals surface area contributed by atoms with Gasteiger partial charge < -0.3 is 14.8 Å². The normalized spacial score (nSPS) is 15.1. The summed E-state index contributed by atoms with van der Waals surface area (Å²) in [5.74, 6) is 2.08. The van der Waals surface area contributed by atoms with Crippen LogP contribution in [0.4, 0.5) is 10.2 Å². The number of aryl methyl sites for hydroxylation is 1. The van der Waals surface area contributed by atoms with Gasteiger partial charge in [-0.15, -0.1) is 11.8 Å². The fourth-order valence-electron chi connectivity index (χ4n) is 4.38. The molecule has 0 bridgehead atoms. The SMILES string of the molecule is COc1ccc2nc(-n3nc(C)c4c3NC(=O)CS[C@H]4c3ccc(OCc4ccc(F)cc4)cc3)sc2c1. The number of fused-ring (bicyclic) bond motifs is 2. The van der Waals surface area contributed by atoms with Crippen LogP contribution in [0.15, 0.2) is 66.7 Å². The smallest absolute Gasteiger partial charge is 0.235 e. The van der Waals surface area contributed by atoms with Gasteiger partial charge in [0.2, 0.25) is 11.0 Å². The molecule has 0 fully saturated rings. The van der Waals surface area contributed by atoms with Gasteiger partial charge in [-0.25, -0.2) is 9.37 Å². The van der Waals surface area contributed by atoms with Crippen LogP contribution < -0.4 is 14.8 Å². The van der Waals surface area contributed by atoms with Crippen molar-refractivity contribution in [1.29, 1.82) is 0 Å². The molecule has 0 spiro atoms. The van der Waals surface area contributed by atoms with E-state index in [1.54, 1.807) is 35.7 Å². The number of nitrogens with one attached hydrogen (secondary N) is 1. The van der Waals surface area contributed by atoms with E-state index in [-0.39, 0.29) is 17.0 Å². The number of halogens is 1. The molecule has 0 saturated carbocycles. The van der Waals surface area contributed by atoms with Crippen LogP contribution in [0, 0.1) is 12.7 Å². The van der Waals surface area contributed by atoms with Gasteiger partial charge in [-0.2, -0.15) is 9.78 Å². The Balaban J connectivity index is 1.31. The quantitative estimate of drug-likeness (QED) is 0.270. The molecular weight excluding hydrogens is 523 g/mol. The standard InChI is InChI=1S/C28H23FN4O3S2/c1-16-25-26(18-5-9-20(10-6-18)36-14-17-3-7-19(29)8-4-17)37-15-24(34)31-27(25)33(32-16)28-30-22-12-11-21(35-2)13-23(22)38-28/h3-13,26H,14-15H2,1-2H3,(H,31,34)/t26-/m0/s1. The average molecular weight is 547 g/mol. The summed E-state index contributed by atoms with van der Waals surface area (Å²) >= 11 is 3.05. The van der Waals surface area contributed by atoms with Gasteiger partial charge in [-0.1, -0.05) is 35.6 Å². The second kappa shape index (κ2) is 10.1. The maximum absolute atomic E-state index is 13.2. The number of rotatable bonds is 6. The number of thiazole rings is 1. The summed E-state index contributed by atoms with van der Waals surface area (Å²) in [5.41, 5.74) is 4.56. The fraction of sp³-hybridized carbons (Fsp3) is 0.179. The Hall–Kier alpha value is -3.89. The fourth-order valence-corrected chi connectivity index (χ4v) is 6.52. The number of hydrogen-bond acceptors (Lipinski definition) is 7. The molecule has 1 amide bonds. The molecule has 2 aromatic heterocycles. The highest BCUT2D eigenvalue weighted by molar-refractivity contribution is 8.00. The number of nitrogens with zero attached hydrogens (tertiary/aromatic N) is 3. The molecular formula is C28H23FN4O3S2. The van der Waals surface area contributed by atoms with E-state index in [0.717, 1.165) is 38.4 Å². The number of benzene rings is 3. The maximum atomic E-state index is 13.2. The van der Waals surface area contributed by atoms with Gasteiger partial charge >= 0.3 is 0 Å². The number of hydrogen-bond donors (Lipinski definition) is 1. The first-order valence-corrected chi connectivity index (χ1v) is 13.8. The molecule has 0 saturated heterocycles. The van der Waals surface area contributed by atoms with E-state index in [4.69, 9.17) is 19.6 Å². The minimum Gasteiger partial charge on any atom is -0.497 e. The van der Waals surface area contributed by atoms with Crippen molar-refractivity contribution in [1.82, 2.24) is 14.8 Å². The summed E-state index contributed by atoms with van der Waals surface area (Å²) in [4.78, 5) is 17.5. The maximum Gasteiger partial charge on any atom is 0.235 e. The first-order chi connectivity index (χ1) is 18.5. The predicted molar refractivity (Wildman–Crippen MR) is 148 cm³/mol. The minimum absolute atomic E-state index is 0.0815. The van der Waals surface area contributed by atoms with Crippen LogP contribution in [0.2, 0.25) is 0 Å². The Labute approximate surface area is 226 Å². The molecule has 6 rings (SSSR count). The van der Waals surface area contributed by atoms with E-state index in [0.29, 0.717) is 29.1 Å². The van der Waals surface area contributed by atoms with Crippen molar-refractivity contribution < 1.29 is 18.7 Å². The minimum atomic E-state index is -0.270. The van der Waals surface area contributed by atoms with Crippen LogP contribution in [0.3, 0.4) is 0 Å². The Morgan fingerprint density at radius 2 is 1.84 bits per heavy atom. The molecule has 0 radical (unpaired) electrons. The van der Waals surface area contributed by atoms with Crippen LogP contribution in [-0.2, 0) is 11.4 Å². The van der Waals surface area contributed by atoms with Gasteiger partial charge in [0.1, 0.15) is 29.7 Å². The third kappa shape index (κ3) is 4.72. The van der Waals surface area contributed by atoms with Crippen molar-refractivity contribution in [2.45, 2.75) is 18.8 Å². The van der Waals surface area contributed by atoms with Crippen molar-refractivity contribution in [2.75, 3.05) is 18.2 Å². The van der Waals surface area contributed by atoms with E-state index in [1.165, 1.54) is 23.5 Å². The van der Waals surface area contributed by atoms with E-state index >= 15 is 0 Å². The molecule has 10 heteroatoms. The van der Waals surface area contributed by atoms with E-state index in [9.17, 15) is 9.18 Å². The van der Waals surface area contributed by atoms with Crippen molar-refractivity contribution in [3.63, 3.8) is 0 Å². The van der Waals surface area contributed by atoms with Gasteiger partial charge in [0.15, 0.2) is 0 Å².